The SMILES string of the molecule is N=C(S)NCc1ccc(Br)cc1OCCBr. The van der Waals surface area contributed by atoms with Crippen LogP contribution in [0.2, 0.25) is 0 Å². The third-order valence-electron chi connectivity index (χ3n) is 1.81. The molecule has 6 heteroatoms. The van der Waals surface area contributed by atoms with Crippen LogP contribution in [0.25, 0.3) is 0 Å². The van der Waals surface area contributed by atoms with Gasteiger partial charge in [0.15, 0.2) is 5.17 Å². The molecule has 0 aromatic heterocycles. The summed E-state index contributed by atoms with van der Waals surface area (Å²) >= 11 is 10.6. The van der Waals surface area contributed by atoms with Crippen molar-refractivity contribution in [3.8, 4) is 5.75 Å². The van der Waals surface area contributed by atoms with E-state index in [2.05, 4.69) is 49.8 Å². The number of hydrogen-bond donors (Lipinski definition) is 3. The Morgan fingerprint density at radius 2 is 2.25 bits per heavy atom. The van der Waals surface area contributed by atoms with Gasteiger partial charge in [-0.25, -0.2) is 0 Å². The third-order valence-corrected chi connectivity index (χ3v) is 2.79. The van der Waals surface area contributed by atoms with Gasteiger partial charge in [-0.15, -0.1) is 12.6 Å². The molecule has 0 saturated carbocycles. The van der Waals surface area contributed by atoms with Gasteiger partial charge in [0.2, 0.25) is 0 Å². The summed E-state index contributed by atoms with van der Waals surface area (Å²) in [6, 6.07) is 5.82. The molecule has 0 bridgehead atoms. The maximum Gasteiger partial charge on any atom is 0.150 e. The van der Waals surface area contributed by atoms with E-state index in [4.69, 9.17) is 10.1 Å². The Morgan fingerprint density at radius 1 is 1.50 bits per heavy atom. The van der Waals surface area contributed by atoms with Crippen molar-refractivity contribution in [2.45, 2.75) is 6.54 Å². The van der Waals surface area contributed by atoms with E-state index < -0.39 is 0 Å². The number of halogens is 2. The summed E-state index contributed by atoms with van der Waals surface area (Å²) in [7, 11) is 0. The van der Waals surface area contributed by atoms with Gasteiger partial charge in [-0.05, 0) is 12.1 Å². The van der Waals surface area contributed by atoms with Crippen LogP contribution in [-0.4, -0.2) is 17.1 Å². The van der Waals surface area contributed by atoms with Gasteiger partial charge >= 0.3 is 0 Å². The minimum atomic E-state index is 0.148. The Morgan fingerprint density at radius 3 is 2.88 bits per heavy atom. The zero-order chi connectivity index (χ0) is 12.0. The molecule has 0 aliphatic rings. The molecule has 0 atom stereocenters. The molecule has 0 heterocycles. The lowest BCUT2D eigenvalue weighted by molar-refractivity contribution is 0.340. The van der Waals surface area contributed by atoms with Crippen LogP contribution in [0.1, 0.15) is 5.56 Å². The zero-order valence-electron chi connectivity index (χ0n) is 8.46. The van der Waals surface area contributed by atoms with Gasteiger partial charge in [0, 0.05) is 21.9 Å². The van der Waals surface area contributed by atoms with E-state index in [0.29, 0.717) is 13.2 Å². The van der Waals surface area contributed by atoms with Gasteiger partial charge in [0.05, 0.1) is 6.61 Å². The van der Waals surface area contributed by atoms with Gasteiger partial charge in [0.25, 0.3) is 0 Å². The Balaban J connectivity index is 2.76. The molecule has 1 rings (SSSR count). The first-order chi connectivity index (χ1) is 7.63. The van der Waals surface area contributed by atoms with Crippen molar-refractivity contribution in [3.05, 3.63) is 28.2 Å². The quantitative estimate of drug-likeness (QED) is 0.324. The molecule has 0 aliphatic heterocycles. The molecule has 0 unspecified atom stereocenters. The smallest absolute Gasteiger partial charge is 0.150 e. The first kappa shape index (κ1) is 13.9. The fourth-order valence-corrected chi connectivity index (χ4v) is 1.72. The van der Waals surface area contributed by atoms with Gasteiger partial charge in [-0.2, -0.15) is 0 Å². The molecule has 0 amide bonds. The van der Waals surface area contributed by atoms with E-state index in [-0.39, 0.29) is 5.17 Å². The Bertz CT molecular complexity index is 374. The minimum Gasteiger partial charge on any atom is -0.492 e. The molecule has 0 aliphatic carbocycles. The lowest BCUT2D eigenvalue weighted by Crippen LogP contribution is -2.17. The molecule has 1 aromatic rings. The number of hydrogen-bond acceptors (Lipinski definition) is 2. The summed E-state index contributed by atoms with van der Waals surface area (Å²) in [6.07, 6.45) is 0. The number of benzene rings is 1. The number of ether oxygens (including phenoxy) is 1. The highest BCUT2D eigenvalue weighted by Gasteiger charge is 2.04. The standard InChI is InChI=1S/C10H12Br2N2OS/c11-3-4-15-9-5-8(12)2-1-7(9)6-14-10(13)16/h1-2,5H,3-4,6H2,(H3,13,14,16). The highest BCUT2D eigenvalue weighted by Crippen LogP contribution is 2.23. The molecule has 0 fully saturated rings. The molecular weight excluding hydrogens is 356 g/mol. The summed E-state index contributed by atoms with van der Waals surface area (Å²) in [5.74, 6) is 0.816. The molecule has 16 heavy (non-hydrogen) atoms. The second kappa shape index (κ2) is 7.19. The van der Waals surface area contributed by atoms with Crippen LogP contribution >= 0.6 is 44.5 Å². The summed E-state index contributed by atoms with van der Waals surface area (Å²) in [6.45, 7) is 1.15. The average Bonchev–Trinajstić information content (AvgIpc) is 2.24. The molecule has 2 N–H and O–H groups in total. The fraction of sp³-hybridized carbons (Fsp3) is 0.300. The van der Waals surface area contributed by atoms with Gasteiger partial charge in [0.1, 0.15) is 5.75 Å². The molecule has 0 saturated heterocycles. The lowest BCUT2D eigenvalue weighted by atomic mass is 10.2. The summed E-state index contributed by atoms with van der Waals surface area (Å²) < 4.78 is 6.56. The van der Waals surface area contributed by atoms with Crippen LogP contribution in [0.3, 0.4) is 0 Å². The number of nitrogens with one attached hydrogen (secondary N) is 2. The highest BCUT2D eigenvalue weighted by molar-refractivity contribution is 9.10. The molecule has 1 aromatic carbocycles. The zero-order valence-corrected chi connectivity index (χ0v) is 12.5. The predicted octanol–water partition coefficient (Wildman–Crippen LogP) is 3.18. The topological polar surface area (TPSA) is 45.1 Å². The van der Waals surface area contributed by atoms with Crippen molar-refractivity contribution < 1.29 is 4.74 Å². The van der Waals surface area contributed by atoms with Crippen molar-refractivity contribution in [1.82, 2.24) is 5.32 Å². The third kappa shape index (κ3) is 4.76. The van der Waals surface area contributed by atoms with Crippen LogP contribution < -0.4 is 10.1 Å². The number of rotatable bonds is 5. The largest absolute Gasteiger partial charge is 0.492 e. The van der Waals surface area contributed by atoms with Gasteiger partial charge in [-0.3, -0.25) is 5.41 Å². The summed E-state index contributed by atoms with van der Waals surface area (Å²) in [5.41, 5.74) is 1.00. The second-order valence-corrected chi connectivity index (χ2v) is 5.15. The first-order valence-electron chi connectivity index (χ1n) is 4.62. The fourth-order valence-electron chi connectivity index (χ4n) is 1.14. The van der Waals surface area contributed by atoms with Crippen LogP contribution in [0, 0.1) is 5.41 Å². The highest BCUT2D eigenvalue weighted by atomic mass is 79.9. The van der Waals surface area contributed by atoms with Gasteiger partial charge in [-0.1, -0.05) is 37.9 Å². The molecule has 0 spiro atoms. The summed E-state index contributed by atoms with van der Waals surface area (Å²) in [5, 5.41) is 11.0. The van der Waals surface area contributed by atoms with E-state index in [1.54, 1.807) is 0 Å². The van der Waals surface area contributed by atoms with Crippen molar-refractivity contribution in [1.29, 1.82) is 5.41 Å². The number of thiol groups is 1. The van der Waals surface area contributed by atoms with E-state index in [1.165, 1.54) is 0 Å². The van der Waals surface area contributed by atoms with E-state index >= 15 is 0 Å². The Hall–Kier alpha value is -0.200. The maximum atomic E-state index is 7.19. The molecule has 88 valence electrons. The Labute approximate surface area is 117 Å². The number of amidine groups is 1. The van der Waals surface area contributed by atoms with E-state index in [1.807, 2.05) is 18.2 Å². The normalized spacial score (nSPS) is 9.94. The maximum absolute atomic E-state index is 7.19. The van der Waals surface area contributed by atoms with Crippen molar-refractivity contribution in [2.24, 2.45) is 0 Å². The van der Waals surface area contributed by atoms with Crippen LogP contribution in [-0.2, 0) is 6.54 Å². The summed E-state index contributed by atoms with van der Waals surface area (Å²) in [4.78, 5) is 0. The second-order valence-electron chi connectivity index (χ2n) is 2.99. The molecule has 0 radical (unpaired) electrons. The van der Waals surface area contributed by atoms with Crippen LogP contribution in [0.4, 0.5) is 0 Å². The van der Waals surface area contributed by atoms with E-state index in [0.717, 1.165) is 21.1 Å². The van der Waals surface area contributed by atoms with Crippen molar-refractivity contribution in [3.63, 3.8) is 0 Å². The van der Waals surface area contributed by atoms with Gasteiger partial charge < -0.3 is 10.1 Å². The van der Waals surface area contributed by atoms with Crippen LogP contribution in [0.5, 0.6) is 5.75 Å². The number of alkyl halides is 1. The molecular formula is C10H12Br2N2OS. The Kier molecular flexibility index (Phi) is 6.23. The lowest BCUT2D eigenvalue weighted by Gasteiger charge is -2.11. The van der Waals surface area contributed by atoms with Crippen molar-refractivity contribution in [2.75, 3.05) is 11.9 Å². The first-order valence-corrected chi connectivity index (χ1v) is 6.98. The minimum absolute atomic E-state index is 0.148. The van der Waals surface area contributed by atoms with E-state index in [9.17, 15) is 0 Å². The van der Waals surface area contributed by atoms with Crippen LogP contribution in [0.15, 0.2) is 22.7 Å². The molecule has 3 nitrogen and oxygen atoms in total. The van der Waals surface area contributed by atoms with Crippen molar-refractivity contribution >= 4 is 49.7 Å². The monoisotopic (exact) mass is 366 g/mol. The average molecular weight is 368 g/mol. The predicted molar refractivity (Wildman–Crippen MR) is 77.0 cm³/mol.